The number of methoxy groups -OCH3 is 2. The summed E-state index contributed by atoms with van der Waals surface area (Å²) in [6.07, 6.45) is 0.932. The van der Waals surface area contributed by atoms with E-state index in [4.69, 9.17) is 25.8 Å². The number of hydrogen-bond acceptors (Lipinski definition) is 4. The first-order chi connectivity index (χ1) is 12.2. The molecule has 0 aliphatic rings. The normalized spacial score (nSPS) is 10.3. The Morgan fingerprint density at radius 3 is 2.62 bits per heavy atom. The quantitative estimate of drug-likeness (QED) is 0.587. The number of hydrogen-bond donors (Lipinski definition) is 1. The highest BCUT2D eigenvalue weighted by Gasteiger charge is 2.12. The van der Waals surface area contributed by atoms with E-state index in [2.05, 4.69) is 5.32 Å². The van der Waals surface area contributed by atoms with Crippen molar-refractivity contribution < 1.29 is 18.6 Å². The Bertz CT molecular complexity index is 686. The van der Waals surface area contributed by atoms with E-state index in [9.17, 15) is 4.39 Å². The summed E-state index contributed by atoms with van der Waals surface area (Å²) in [5, 5.41) is 3.70. The van der Waals surface area contributed by atoms with Crippen LogP contribution in [-0.2, 0) is 17.9 Å². The molecule has 2 aromatic carbocycles. The fourth-order valence-corrected chi connectivity index (χ4v) is 2.60. The molecule has 0 saturated carbocycles. The minimum absolute atomic E-state index is 0. The van der Waals surface area contributed by atoms with Gasteiger partial charge in [-0.3, -0.25) is 0 Å². The van der Waals surface area contributed by atoms with Crippen molar-refractivity contribution in [2.75, 3.05) is 27.4 Å². The first-order valence-corrected chi connectivity index (χ1v) is 8.45. The molecule has 0 unspecified atom stereocenters. The predicted octanol–water partition coefficient (Wildman–Crippen LogP) is 4.61. The van der Waals surface area contributed by atoms with Crippen LogP contribution in [0.15, 0.2) is 36.4 Å². The number of rotatable bonds is 10. The Hall–Kier alpha value is -1.53. The topological polar surface area (TPSA) is 39.7 Å². The molecule has 0 aliphatic carbocycles. The molecule has 0 aromatic heterocycles. The lowest BCUT2D eigenvalue weighted by Gasteiger charge is -2.16. The fraction of sp³-hybridized carbons (Fsp3) is 0.368. The van der Waals surface area contributed by atoms with E-state index < -0.39 is 0 Å². The van der Waals surface area contributed by atoms with Gasteiger partial charge in [0.15, 0.2) is 11.5 Å². The molecule has 0 atom stereocenters. The zero-order valence-electron chi connectivity index (χ0n) is 14.9. The Morgan fingerprint density at radius 2 is 1.92 bits per heavy atom. The van der Waals surface area contributed by atoms with Crippen molar-refractivity contribution in [3.63, 3.8) is 0 Å². The van der Waals surface area contributed by atoms with Gasteiger partial charge >= 0.3 is 0 Å². The molecule has 0 radical (unpaired) electrons. The molecule has 0 amide bonds. The van der Waals surface area contributed by atoms with Crippen molar-refractivity contribution in [2.45, 2.75) is 19.6 Å². The summed E-state index contributed by atoms with van der Waals surface area (Å²) in [5.41, 5.74) is 1.70. The molecule has 0 bridgehead atoms. The van der Waals surface area contributed by atoms with Crippen molar-refractivity contribution in [2.24, 2.45) is 0 Å². The van der Waals surface area contributed by atoms with E-state index in [1.54, 1.807) is 20.3 Å². The average molecular weight is 404 g/mol. The molecular weight excluding hydrogens is 380 g/mol. The molecule has 0 heterocycles. The number of para-hydroxylation sites is 1. The van der Waals surface area contributed by atoms with Crippen LogP contribution in [0.1, 0.15) is 17.5 Å². The standard InChI is InChI=1S/C19H23ClFNO3.ClH/c1-23-10-4-9-22-12-14-5-3-6-18(24-2)19(14)25-13-15-7-8-16(21)11-17(15)20;/h3,5-8,11,22H,4,9-10,12-13H2,1-2H3;1H. The predicted molar refractivity (Wildman–Crippen MR) is 104 cm³/mol. The summed E-state index contributed by atoms with van der Waals surface area (Å²) in [7, 11) is 3.29. The summed E-state index contributed by atoms with van der Waals surface area (Å²) in [5.74, 6) is 0.936. The molecular formula is C19H24Cl2FNO3. The second kappa shape index (κ2) is 12.0. The van der Waals surface area contributed by atoms with Crippen molar-refractivity contribution in [1.29, 1.82) is 0 Å². The van der Waals surface area contributed by atoms with E-state index in [0.29, 0.717) is 28.6 Å². The number of halogens is 3. The van der Waals surface area contributed by atoms with Crippen molar-refractivity contribution in [1.82, 2.24) is 5.32 Å². The van der Waals surface area contributed by atoms with Crippen molar-refractivity contribution in [3.8, 4) is 11.5 Å². The first-order valence-electron chi connectivity index (χ1n) is 8.08. The van der Waals surface area contributed by atoms with Crippen LogP contribution >= 0.6 is 24.0 Å². The third-order valence-corrected chi connectivity index (χ3v) is 4.04. The van der Waals surface area contributed by atoms with E-state index in [0.717, 1.165) is 25.1 Å². The van der Waals surface area contributed by atoms with E-state index >= 15 is 0 Å². The second-order valence-electron chi connectivity index (χ2n) is 5.50. The Morgan fingerprint density at radius 1 is 1.12 bits per heavy atom. The molecule has 2 rings (SSSR count). The maximum atomic E-state index is 13.2. The number of benzene rings is 2. The summed E-state index contributed by atoms with van der Waals surface area (Å²) < 4.78 is 29.5. The number of ether oxygens (including phenoxy) is 3. The maximum absolute atomic E-state index is 13.2. The van der Waals surface area contributed by atoms with Gasteiger partial charge in [0.1, 0.15) is 12.4 Å². The molecule has 0 spiro atoms. The molecule has 2 aromatic rings. The van der Waals surface area contributed by atoms with Gasteiger partial charge in [-0.05, 0) is 31.2 Å². The highest BCUT2D eigenvalue weighted by atomic mass is 35.5. The summed E-state index contributed by atoms with van der Waals surface area (Å²) in [6, 6.07) is 10.0. The monoisotopic (exact) mass is 403 g/mol. The Kier molecular flexibility index (Phi) is 10.4. The summed E-state index contributed by atoms with van der Waals surface area (Å²) >= 11 is 6.07. The van der Waals surface area contributed by atoms with Gasteiger partial charge in [0.2, 0.25) is 0 Å². The zero-order chi connectivity index (χ0) is 18.1. The van der Waals surface area contributed by atoms with Gasteiger partial charge in [-0.15, -0.1) is 12.4 Å². The summed E-state index contributed by atoms with van der Waals surface area (Å²) in [6.45, 7) is 2.44. The molecule has 0 fully saturated rings. The lowest BCUT2D eigenvalue weighted by molar-refractivity contribution is 0.194. The maximum Gasteiger partial charge on any atom is 0.166 e. The second-order valence-corrected chi connectivity index (χ2v) is 5.90. The molecule has 0 aliphatic heterocycles. The molecule has 144 valence electrons. The van der Waals surface area contributed by atoms with Crippen LogP contribution in [0, 0.1) is 5.82 Å². The molecule has 7 heteroatoms. The van der Waals surface area contributed by atoms with Gasteiger partial charge in [-0.2, -0.15) is 0 Å². The SMILES string of the molecule is COCCCNCc1cccc(OC)c1OCc1ccc(F)cc1Cl.Cl. The Balaban J connectivity index is 0.00000338. The van der Waals surface area contributed by atoms with Crippen LogP contribution in [0.2, 0.25) is 5.02 Å². The fourth-order valence-electron chi connectivity index (χ4n) is 2.38. The highest BCUT2D eigenvalue weighted by Crippen LogP contribution is 2.32. The van der Waals surface area contributed by atoms with Gasteiger partial charge in [-0.1, -0.05) is 29.8 Å². The van der Waals surface area contributed by atoms with Crippen LogP contribution in [0.5, 0.6) is 11.5 Å². The smallest absolute Gasteiger partial charge is 0.166 e. The lowest BCUT2D eigenvalue weighted by Crippen LogP contribution is -2.17. The summed E-state index contributed by atoms with van der Waals surface area (Å²) in [4.78, 5) is 0. The van der Waals surface area contributed by atoms with Crippen molar-refractivity contribution >= 4 is 24.0 Å². The minimum atomic E-state index is -0.369. The van der Waals surface area contributed by atoms with Gasteiger partial charge in [0.25, 0.3) is 0 Å². The van der Waals surface area contributed by atoms with E-state index in [-0.39, 0.29) is 24.8 Å². The van der Waals surface area contributed by atoms with Crippen molar-refractivity contribution in [3.05, 3.63) is 58.4 Å². The van der Waals surface area contributed by atoms with Gasteiger partial charge in [-0.25, -0.2) is 4.39 Å². The van der Waals surface area contributed by atoms with Gasteiger partial charge in [0, 0.05) is 31.4 Å². The third-order valence-electron chi connectivity index (χ3n) is 3.68. The van der Waals surface area contributed by atoms with Crippen LogP contribution in [-0.4, -0.2) is 27.4 Å². The largest absolute Gasteiger partial charge is 0.493 e. The average Bonchev–Trinajstić information content (AvgIpc) is 2.61. The van der Waals surface area contributed by atoms with Gasteiger partial charge in [0.05, 0.1) is 12.1 Å². The molecule has 4 nitrogen and oxygen atoms in total. The minimum Gasteiger partial charge on any atom is -0.493 e. The molecule has 26 heavy (non-hydrogen) atoms. The third kappa shape index (κ3) is 6.65. The Labute approximate surface area is 165 Å². The van der Waals surface area contributed by atoms with Crippen LogP contribution < -0.4 is 14.8 Å². The lowest BCUT2D eigenvalue weighted by atomic mass is 10.1. The van der Waals surface area contributed by atoms with Gasteiger partial charge < -0.3 is 19.5 Å². The van der Waals surface area contributed by atoms with Crippen LogP contribution in [0.4, 0.5) is 4.39 Å². The van der Waals surface area contributed by atoms with Crippen LogP contribution in [0.3, 0.4) is 0 Å². The molecule has 0 saturated heterocycles. The van der Waals surface area contributed by atoms with E-state index in [1.807, 2.05) is 18.2 Å². The van der Waals surface area contributed by atoms with Crippen LogP contribution in [0.25, 0.3) is 0 Å². The first kappa shape index (κ1) is 22.5. The molecule has 1 N–H and O–H groups in total. The zero-order valence-corrected chi connectivity index (χ0v) is 16.5. The van der Waals surface area contributed by atoms with E-state index in [1.165, 1.54) is 12.1 Å². The number of nitrogens with one attached hydrogen (secondary N) is 1. The highest BCUT2D eigenvalue weighted by molar-refractivity contribution is 6.31.